The molecule has 0 radical (unpaired) electrons. The largest absolute Gasteiger partial charge is 0.478 e. The Kier molecular flexibility index (Phi) is 4.39. The maximum atomic E-state index is 12.8. The van der Waals surface area contributed by atoms with Crippen LogP contribution >= 0.6 is 0 Å². The quantitative estimate of drug-likeness (QED) is 0.873. The van der Waals surface area contributed by atoms with Crippen molar-refractivity contribution < 1.29 is 23.1 Å². The van der Waals surface area contributed by atoms with E-state index in [1.165, 1.54) is 0 Å². The van der Waals surface area contributed by atoms with Gasteiger partial charge in [-0.2, -0.15) is 13.2 Å². The molecule has 4 nitrogen and oxygen atoms in total. The lowest BCUT2D eigenvalue weighted by Crippen LogP contribution is -2.30. The van der Waals surface area contributed by atoms with Gasteiger partial charge in [-0.25, -0.2) is 9.78 Å². The summed E-state index contributed by atoms with van der Waals surface area (Å²) in [5, 5.41) is 9.19. The zero-order valence-electron chi connectivity index (χ0n) is 11.7. The Bertz CT molecular complexity index is 527. The van der Waals surface area contributed by atoms with Crippen molar-refractivity contribution in [3.05, 3.63) is 23.4 Å². The first-order valence-corrected chi connectivity index (χ1v) is 6.92. The van der Waals surface area contributed by atoms with Gasteiger partial charge in [-0.05, 0) is 31.4 Å². The van der Waals surface area contributed by atoms with Crippen LogP contribution in [0.15, 0.2) is 12.1 Å². The van der Waals surface area contributed by atoms with Crippen molar-refractivity contribution in [3.8, 4) is 0 Å². The minimum absolute atomic E-state index is 0.0618. The molecule has 1 aromatic heterocycles. The Labute approximate surface area is 120 Å². The highest BCUT2D eigenvalue weighted by Gasteiger charge is 2.37. The van der Waals surface area contributed by atoms with Crippen LogP contribution in [0.5, 0.6) is 0 Å². The van der Waals surface area contributed by atoms with Crippen LogP contribution in [-0.2, 0) is 6.18 Å². The molecule has 2 rings (SSSR count). The van der Waals surface area contributed by atoms with E-state index in [9.17, 15) is 23.1 Å². The number of pyridine rings is 1. The van der Waals surface area contributed by atoms with Gasteiger partial charge in [0.15, 0.2) is 0 Å². The van der Waals surface area contributed by atoms with Gasteiger partial charge in [-0.15, -0.1) is 0 Å². The molecule has 116 valence electrons. The summed E-state index contributed by atoms with van der Waals surface area (Å²) >= 11 is 0. The van der Waals surface area contributed by atoms with Gasteiger partial charge in [0.25, 0.3) is 0 Å². The van der Waals surface area contributed by atoms with Crippen LogP contribution < -0.4 is 4.90 Å². The number of carboxylic acids is 1. The van der Waals surface area contributed by atoms with Crippen molar-refractivity contribution in [1.82, 2.24) is 4.98 Å². The van der Waals surface area contributed by atoms with Crippen LogP contribution in [0.4, 0.5) is 19.0 Å². The van der Waals surface area contributed by atoms with Gasteiger partial charge in [0.1, 0.15) is 17.1 Å². The molecule has 1 N–H and O–H groups in total. The van der Waals surface area contributed by atoms with E-state index < -0.39 is 17.8 Å². The zero-order valence-corrected chi connectivity index (χ0v) is 11.7. The number of halogens is 3. The third-order valence-electron chi connectivity index (χ3n) is 3.41. The molecule has 0 spiro atoms. The standard InChI is InChI=1S/C14H17F3N2O2/c1-2-3-8-19(9-4-5-9)12-10(13(20)21)6-7-11(18-12)14(15,16)17/h6-7,9H,2-5,8H2,1H3,(H,20,21). The summed E-state index contributed by atoms with van der Waals surface area (Å²) in [6, 6.07) is 1.82. The molecule has 0 aliphatic heterocycles. The molecule has 1 aromatic rings. The van der Waals surface area contributed by atoms with Crippen molar-refractivity contribution >= 4 is 11.8 Å². The minimum Gasteiger partial charge on any atom is -0.478 e. The fourth-order valence-corrected chi connectivity index (χ4v) is 2.17. The first-order valence-electron chi connectivity index (χ1n) is 6.92. The Morgan fingerprint density at radius 2 is 2.10 bits per heavy atom. The molecule has 1 saturated carbocycles. The van der Waals surface area contributed by atoms with E-state index in [2.05, 4.69) is 4.98 Å². The van der Waals surface area contributed by atoms with E-state index in [1.54, 1.807) is 4.90 Å². The summed E-state index contributed by atoms with van der Waals surface area (Å²) in [6.07, 6.45) is -1.19. The first-order chi connectivity index (χ1) is 9.84. The summed E-state index contributed by atoms with van der Waals surface area (Å²) in [5.41, 5.74) is -1.23. The van der Waals surface area contributed by atoms with Crippen LogP contribution in [0.3, 0.4) is 0 Å². The van der Waals surface area contributed by atoms with Gasteiger partial charge in [0.05, 0.1) is 0 Å². The Hall–Kier alpha value is -1.79. The number of nitrogens with zero attached hydrogens (tertiary/aromatic N) is 2. The van der Waals surface area contributed by atoms with Gasteiger partial charge < -0.3 is 10.0 Å². The third-order valence-corrected chi connectivity index (χ3v) is 3.41. The first kappa shape index (κ1) is 15.6. The predicted molar refractivity (Wildman–Crippen MR) is 71.5 cm³/mol. The predicted octanol–water partition coefficient (Wildman–Crippen LogP) is 3.57. The van der Waals surface area contributed by atoms with Crippen LogP contribution in [-0.4, -0.2) is 28.6 Å². The molecule has 1 aliphatic carbocycles. The van der Waals surface area contributed by atoms with Crippen molar-refractivity contribution in [1.29, 1.82) is 0 Å². The number of hydrogen-bond donors (Lipinski definition) is 1. The van der Waals surface area contributed by atoms with Crippen LogP contribution in [0.1, 0.15) is 48.7 Å². The second kappa shape index (κ2) is 5.91. The van der Waals surface area contributed by atoms with E-state index in [1.807, 2.05) is 6.92 Å². The van der Waals surface area contributed by atoms with Crippen LogP contribution in [0.2, 0.25) is 0 Å². The molecule has 0 saturated heterocycles. The Balaban J connectivity index is 2.43. The summed E-state index contributed by atoms with van der Waals surface area (Å²) < 4.78 is 38.4. The molecule has 1 fully saturated rings. The minimum atomic E-state index is -4.58. The summed E-state index contributed by atoms with van der Waals surface area (Å²) in [7, 11) is 0. The molecular weight excluding hydrogens is 285 g/mol. The van der Waals surface area contributed by atoms with E-state index >= 15 is 0 Å². The number of aromatic nitrogens is 1. The average molecular weight is 302 g/mol. The average Bonchev–Trinajstić information content (AvgIpc) is 3.22. The molecule has 1 heterocycles. The molecule has 0 bridgehead atoms. The number of anilines is 1. The van der Waals surface area contributed by atoms with Gasteiger partial charge >= 0.3 is 12.1 Å². The van der Waals surface area contributed by atoms with Crippen molar-refractivity contribution in [2.45, 2.75) is 44.8 Å². The molecule has 21 heavy (non-hydrogen) atoms. The lowest BCUT2D eigenvalue weighted by Gasteiger charge is -2.25. The second-order valence-corrected chi connectivity index (χ2v) is 5.15. The summed E-state index contributed by atoms with van der Waals surface area (Å²) in [4.78, 5) is 16.6. The molecule has 0 unspecified atom stereocenters. The highest BCUT2D eigenvalue weighted by molar-refractivity contribution is 5.93. The van der Waals surface area contributed by atoms with Crippen LogP contribution in [0, 0.1) is 0 Å². The van der Waals surface area contributed by atoms with Crippen molar-refractivity contribution in [2.24, 2.45) is 0 Å². The number of hydrogen-bond acceptors (Lipinski definition) is 3. The van der Waals surface area contributed by atoms with E-state index in [0.29, 0.717) is 6.54 Å². The van der Waals surface area contributed by atoms with Gasteiger partial charge in [0, 0.05) is 12.6 Å². The van der Waals surface area contributed by atoms with Crippen LogP contribution in [0.25, 0.3) is 0 Å². The number of carboxylic acid groups (broad SMARTS) is 1. The second-order valence-electron chi connectivity index (χ2n) is 5.15. The number of aromatic carboxylic acids is 1. The molecule has 0 aromatic carbocycles. The lowest BCUT2D eigenvalue weighted by molar-refractivity contribution is -0.141. The van der Waals surface area contributed by atoms with Crippen molar-refractivity contribution in [2.75, 3.05) is 11.4 Å². The SMILES string of the molecule is CCCCN(c1nc(C(F)(F)F)ccc1C(=O)O)C1CC1. The molecular formula is C14H17F3N2O2. The van der Waals surface area contributed by atoms with Gasteiger partial charge in [0.2, 0.25) is 0 Å². The fourth-order valence-electron chi connectivity index (χ4n) is 2.17. The number of alkyl halides is 3. The normalized spacial score (nSPS) is 15.0. The highest BCUT2D eigenvalue weighted by atomic mass is 19.4. The Morgan fingerprint density at radius 1 is 1.43 bits per heavy atom. The molecule has 1 aliphatic rings. The summed E-state index contributed by atoms with van der Waals surface area (Å²) in [5.74, 6) is -1.32. The topological polar surface area (TPSA) is 53.4 Å². The maximum absolute atomic E-state index is 12.8. The monoisotopic (exact) mass is 302 g/mol. The number of unbranched alkanes of at least 4 members (excludes halogenated alkanes) is 1. The number of carbonyl (C=O) groups is 1. The Morgan fingerprint density at radius 3 is 2.57 bits per heavy atom. The van der Waals surface area contributed by atoms with Crippen molar-refractivity contribution in [3.63, 3.8) is 0 Å². The van der Waals surface area contributed by atoms with E-state index in [4.69, 9.17) is 0 Å². The zero-order chi connectivity index (χ0) is 15.6. The smallest absolute Gasteiger partial charge is 0.433 e. The van der Waals surface area contributed by atoms with Gasteiger partial charge in [-0.3, -0.25) is 0 Å². The summed E-state index contributed by atoms with van der Waals surface area (Å²) in [6.45, 7) is 2.50. The molecule has 0 atom stereocenters. The van der Waals surface area contributed by atoms with E-state index in [0.717, 1.165) is 37.8 Å². The highest BCUT2D eigenvalue weighted by Crippen LogP contribution is 2.35. The maximum Gasteiger partial charge on any atom is 0.433 e. The fraction of sp³-hybridized carbons (Fsp3) is 0.571. The van der Waals surface area contributed by atoms with Gasteiger partial charge in [-0.1, -0.05) is 13.3 Å². The lowest BCUT2D eigenvalue weighted by atomic mass is 10.2. The number of rotatable bonds is 6. The van der Waals surface area contributed by atoms with E-state index in [-0.39, 0.29) is 17.4 Å². The third kappa shape index (κ3) is 3.65. The molecule has 0 amide bonds. The molecule has 7 heteroatoms.